The molecule has 16 heavy (non-hydrogen) atoms. The normalized spacial score (nSPS) is 11.1. The minimum atomic E-state index is -0.320. The number of nitrogens with two attached hydrogens (primary N) is 1. The van der Waals surface area contributed by atoms with Crippen LogP contribution in [-0.4, -0.2) is 5.75 Å². The Bertz CT molecular complexity index is 410. The fourth-order valence-corrected chi connectivity index (χ4v) is 2.34. The van der Waals surface area contributed by atoms with E-state index in [4.69, 9.17) is 11.0 Å². The van der Waals surface area contributed by atoms with Crippen LogP contribution in [0.15, 0.2) is 23.1 Å². The zero-order chi connectivity index (χ0) is 12.2. The minimum Gasteiger partial charge on any atom is -0.398 e. The first-order valence-corrected chi connectivity index (χ1v) is 6.02. The van der Waals surface area contributed by atoms with E-state index in [0.717, 1.165) is 17.1 Å². The molecule has 0 heterocycles. The van der Waals surface area contributed by atoms with Crippen LogP contribution in [0.2, 0.25) is 0 Å². The number of halogens is 1. The third kappa shape index (κ3) is 3.74. The van der Waals surface area contributed by atoms with Crippen molar-refractivity contribution < 1.29 is 4.39 Å². The number of thioether (sulfide) groups is 1. The summed E-state index contributed by atoms with van der Waals surface area (Å²) in [6.45, 7) is 3.81. The highest BCUT2D eigenvalue weighted by Crippen LogP contribution is 2.29. The van der Waals surface area contributed by atoms with Crippen LogP contribution in [0, 0.1) is 22.6 Å². The topological polar surface area (TPSA) is 49.8 Å². The van der Waals surface area contributed by atoms with Crippen molar-refractivity contribution in [2.24, 2.45) is 5.41 Å². The van der Waals surface area contributed by atoms with Crippen molar-refractivity contribution in [3.05, 3.63) is 24.0 Å². The van der Waals surface area contributed by atoms with Gasteiger partial charge in [-0.3, -0.25) is 0 Å². The lowest BCUT2D eigenvalue weighted by molar-refractivity contribution is 0.482. The fraction of sp³-hybridized carbons (Fsp3) is 0.417. The van der Waals surface area contributed by atoms with Crippen molar-refractivity contribution in [3.8, 4) is 6.07 Å². The largest absolute Gasteiger partial charge is 0.398 e. The summed E-state index contributed by atoms with van der Waals surface area (Å²) in [6, 6.07) is 6.64. The number of rotatable bonds is 4. The molecule has 86 valence electrons. The van der Waals surface area contributed by atoms with Crippen molar-refractivity contribution in [2.45, 2.75) is 25.2 Å². The molecular formula is C12H15FN2S. The summed E-state index contributed by atoms with van der Waals surface area (Å²) in [6.07, 6.45) is 0.783. The second-order valence-corrected chi connectivity index (χ2v) is 5.41. The molecule has 0 saturated carbocycles. The molecule has 0 amide bonds. The molecule has 0 aliphatic rings. The minimum absolute atomic E-state index is 0.318. The molecule has 1 rings (SSSR count). The quantitative estimate of drug-likeness (QED) is 0.645. The molecule has 4 heteroatoms. The molecule has 1 aromatic carbocycles. The van der Waals surface area contributed by atoms with Crippen molar-refractivity contribution in [2.75, 3.05) is 11.5 Å². The van der Waals surface area contributed by atoms with Gasteiger partial charge in [0, 0.05) is 10.6 Å². The molecule has 2 nitrogen and oxygen atoms in total. The smallest absolute Gasteiger partial charge is 0.125 e. The zero-order valence-corrected chi connectivity index (χ0v) is 10.3. The van der Waals surface area contributed by atoms with Gasteiger partial charge in [0.05, 0.1) is 11.5 Å². The van der Waals surface area contributed by atoms with E-state index >= 15 is 0 Å². The van der Waals surface area contributed by atoms with E-state index in [0.29, 0.717) is 5.69 Å². The van der Waals surface area contributed by atoms with Gasteiger partial charge < -0.3 is 5.73 Å². The Morgan fingerprint density at radius 2 is 2.19 bits per heavy atom. The Hall–Kier alpha value is -1.21. The van der Waals surface area contributed by atoms with Gasteiger partial charge >= 0.3 is 0 Å². The Morgan fingerprint density at radius 1 is 1.50 bits per heavy atom. The van der Waals surface area contributed by atoms with Crippen molar-refractivity contribution in [1.29, 1.82) is 5.26 Å². The SMILES string of the molecule is CC(C)(C#N)CCSc1ccc(F)cc1N. The summed E-state index contributed by atoms with van der Waals surface area (Å²) in [4.78, 5) is 0.870. The van der Waals surface area contributed by atoms with Crippen LogP contribution in [0.3, 0.4) is 0 Å². The molecule has 0 radical (unpaired) electrons. The summed E-state index contributed by atoms with van der Waals surface area (Å²) in [7, 11) is 0. The maximum atomic E-state index is 12.8. The maximum Gasteiger partial charge on any atom is 0.125 e. The van der Waals surface area contributed by atoms with Gasteiger partial charge in [-0.25, -0.2) is 4.39 Å². The van der Waals surface area contributed by atoms with Crippen LogP contribution in [-0.2, 0) is 0 Å². The number of anilines is 1. The second kappa shape index (κ2) is 5.22. The standard InChI is InChI=1S/C12H15FN2S/c1-12(2,8-14)5-6-16-11-4-3-9(13)7-10(11)15/h3-4,7H,5-6,15H2,1-2H3. The van der Waals surface area contributed by atoms with Gasteiger partial charge in [0.25, 0.3) is 0 Å². The lowest BCUT2D eigenvalue weighted by atomic mass is 9.93. The van der Waals surface area contributed by atoms with Gasteiger partial charge in [-0.2, -0.15) is 5.26 Å². The third-order valence-electron chi connectivity index (χ3n) is 2.26. The fourth-order valence-electron chi connectivity index (χ4n) is 1.12. The number of nitrogen functional groups attached to an aromatic ring is 1. The summed E-state index contributed by atoms with van der Waals surface area (Å²) in [5.74, 6) is 0.482. The number of hydrogen-bond acceptors (Lipinski definition) is 3. The molecule has 2 N–H and O–H groups in total. The molecule has 1 aromatic rings. The van der Waals surface area contributed by atoms with E-state index in [2.05, 4.69) is 6.07 Å². The van der Waals surface area contributed by atoms with Crippen LogP contribution in [0.5, 0.6) is 0 Å². The number of nitrogens with zero attached hydrogens (tertiary/aromatic N) is 1. The lowest BCUT2D eigenvalue weighted by Crippen LogP contribution is -2.08. The van der Waals surface area contributed by atoms with Crippen LogP contribution in [0.4, 0.5) is 10.1 Å². The average molecular weight is 238 g/mol. The van der Waals surface area contributed by atoms with Gasteiger partial charge in [0.1, 0.15) is 5.82 Å². The number of benzene rings is 1. The van der Waals surface area contributed by atoms with Gasteiger partial charge in [-0.05, 0) is 44.2 Å². The van der Waals surface area contributed by atoms with Crippen LogP contribution < -0.4 is 5.73 Å². The summed E-state index contributed by atoms with van der Waals surface area (Å²) < 4.78 is 12.8. The monoisotopic (exact) mass is 238 g/mol. The van der Waals surface area contributed by atoms with Crippen LogP contribution in [0.1, 0.15) is 20.3 Å². The van der Waals surface area contributed by atoms with Gasteiger partial charge in [-0.1, -0.05) is 0 Å². The Kier molecular flexibility index (Phi) is 4.19. The molecule has 0 aliphatic heterocycles. The van der Waals surface area contributed by atoms with E-state index in [1.165, 1.54) is 12.1 Å². The van der Waals surface area contributed by atoms with Crippen molar-refractivity contribution >= 4 is 17.4 Å². The molecular weight excluding hydrogens is 223 g/mol. The number of nitriles is 1. The second-order valence-electron chi connectivity index (χ2n) is 4.28. The zero-order valence-electron chi connectivity index (χ0n) is 9.46. The van der Waals surface area contributed by atoms with Gasteiger partial charge in [0.15, 0.2) is 0 Å². The van der Waals surface area contributed by atoms with E-state index < -0.39 is 0 Å². The predicted molar refractivity (Wildman–Crippen MR) is 65.5 cm³/mol. The Balaban J connectivity index is 2.53. The number of hydrogen-bond donors (Lipinski definition) is 1. The first-order valence-electron chi connectivity index (χ1n) is 5.04. The molecule has 0 aromatic heterocycles. The van der Waals surface area contributed by atoms with E-state index in [-0.39, 0.29) is 11.2 Å². The van der Waals surface area contributed by atoms with Gasteiger partial charge in [0.2, 0.25) is 0 Å². The molecule has 0 aliphatic carbocycles. The first kappa shape index (κ1) is 12.9. The molecule has 0 bridgehead atoms. The summed E-state index contributed by atoms with van der Waals surface area (Å²) in [5, 5.41) is 8.85. The van der Waals surface area contributed by atoms with Crippen molar-refractivity contribution in [3.63, 3.8) is 0 Å². The van der Waals surface area contributed by atoms with E-state index in [9.17, 15) is 4.39 Å². The molecule has 0 atom stereocenters. The Labute approximate surface area is 99.6 Å². The predicted octanol–water partition coefficient (Wildman–Crippen LogP) is 3.44. The average Bonchev–Trinajstić information content (AvgIpc) is 2.21. The molecule has 0 spiro atoms. The molecule has 0 saturated heterocycles. The highest BCUT2D eigenvalue weighted by Gasteiger charge is 2.16. The third-order valence-corrected chi connectivity index (χ3v) is 3.35. The first-order chi connectivity index (χ1) is 7.44. The molecule has 0 fully saturated rings. The molecule has 0 unspecified atom stereocenters. The van der Waals surface area contributed by atoms with Crippen LogP contribution >= 0.6 is 11.8 Å². The highest BCUT2D eigenvalue weighted by atomic mass is 32.2. The van der Waals surface area contributed by atoms with Crippen molar-refractivity contribution in [1.82, 2.24) is 0 Å². The Morgan fingerprint density at radius 3 is 2.75 bits per heavy atom. The van der Waals surface area contributed by atoms with Gasteiger partial charge in [-0.15, -0.1) is 11.8 Å². The maximum absolute atomic E-state index is 12.8. The highest BCUT2D eigenvalue weighted by molar-refractivity contribution is 7.99. The van der Waals surface area contributed by atoms with E-state index in [1.807, 2.05) is 13.8 Å². The lowest BCUT2D eigenvalue weighted by Gasteiger charge is -2.14. The van der Waals surface area contributed by atoms with E-state index in [1.54, 1.807) is 17.8 Å². The summed E-state index contributed by atoms with van der Waals surface area (Å²) in [5.41, 5.74) is 5.82. The van der Waals surface area contributed by atoms with Crippen LogP contribution in [0.25, 0.3) is 0 Å². The summed E-state index contributed by atoms with van der Waals surface area (Å²) >= 11 is 1.56.